The van der Waals surface area contributed by atoms with E-state index in [1.54, 1.807) is 14.2 Å². The summed E-state index contributed by atoms with van der Waals surface area (Å²) in [5.74, 6) is 1.83. The van der Waals surface area contributed by atoms with E-state index in [1.807, 2.05) is 18.2 Å². The summed E-state index contributed by atoms with van der Waals surface area (Å²) < 4.78 is 10.6. The number of thiocarbonyl (C=S) groups is 1. The van der Waals surface area contributed by atoms with Crippen molar-refractivity contribution in [1.29, 1.82) is 0 Å². The number of aliphatic hydroxyl groups excluding tert-OH is 1. The van der Waals surface area contributed by atoms with Crippen LogP contribution < -0.4 is 14.8 Å². The molecule has 0 spiro atoms. The average Bonchev–Trinajstić information content (AvgIpc) is 2.61. The number of piperidine rings is 1. The van der Waals surface area contributed by atoms with Crippen molar-refractivity contribution in [2.75, 3.05) is 40.5 Å². The molecule has 1 saturated heterocycles. The number of rotatable bonds is 6. The Balaban J connectivity index is 1.81. The molecule has 128 valence electrons. The Morgan fingerprint density at radius 1 is 1.35 bits per heavy atom. The number of ether oxygens (including phenoxy) is 2. The average molecular weight is 338 g/mol. The Kier molecular flexibility index (Phi) is 6.92. The van der Waals surface area contributed by atoms with Crippen LogP contribution in [0.2, 0.25) is 0 Å². The van der Waals surface area contributed by atoms with Crippen LogP contribution in [0.3, 0.4) is 0 Å². The van der Waals surface area contributed by atoms with E-state index < -0.39 is 0 Å². The molecule has 1 aromatic carbocycles. The topological polar surface area (TPSA) is 54.0 Å². The molecule has 1 aromatic rings. The molecule has 0 saturated carbocycles. The van der Waals surface area contributed by atoms with Gasteiger partial charge in [-0.1, -0.05) is 6.07 Å². The van der Waals surface area contributed by atoms with Gasteiger partial charge < -0.3 is 24.8 Å². The van der Waals surface area contributed by atoms with Crippen LogP contribution in [0.1, 0.15) is 18.4 Å². The highest BCUT2D eigenvalue weighted by molar-refractivity contribution is 7.80. The third kappa shape index (κ3) is 4.97. The van der Waals surface area contributed by atoms with Crippen molar-refractivity contribution < 1.29 is 14.6 Å². The summed E-state index contributed by atoms with van der Waals surface area (Å²) in [7, 11) is 3.28. The minimum Gasteiger partial charge on any atom is -0.493 e. The van der Waals surface area contributed by atoms with E-state index >= 15 is 0 Å². The first-order valence-electron chi connectivity index (χ1n) is 8.02. The van der Waals surface area contributed by atoms with Crippen molar-refractivity contribution in [3.63, 3.8) is 0 Å². The van der Waals surface area contributed by atoms with Crippen molar-refractivity contribution in [2.45, 2.75) is 19.3 Å². The van der Waals surface area contributed by atoms with Gasteiger partial charge >= 0.3 is 0 Å². The molecule has 6 heteroatoms. The number of aliphatic hydroxyl groups is 1. The summed E-state index contributed by atoms with van der Waals surface area (Å²) in [4.78, 5) is 2.16. The van der Waals surface area contributed by atoms with Crippen molar-refractivity contribution >= 4 is 17.3 Å². The largest absolute Gasteiger partial charge is 0.493 e. The van der Waals surface area contributed by atoms with Crippen molar-refractivity contribution in [3.8, 4) is 11.5 Å². The molecular weight excluding hydrogens is 312 g/mol. The molecule has 0 unspecified atom stereocenters. The summed E-state index contributed by atoms with van der Waals surface area (Å²) in [5, 5.41) is 13.4. The number of benzene rings is 1. The maximum absolute atomic E-state index is 9.29. The van der Waals surface area contributed by atoms with E-state index in [2.05, 4.69) is 10.2 Å². The predicted octanol–water partition coefficient (Wildman–Crippen LogP) is 1.83. The number of methoxy groups -OCH3 is 2. The van der Waals surface area contributed by atoms with Gasteiger partial charge in [-0.3, -0.25) is 0 Å². The van der Waals surface area contributed by atoms with E-state index in [0.717, 1.165) is 55.5 Å². The summed E-state index contributed by atoms with van der Waals surface area (Å²) in [6.07, 6.45) is 3.03. The molecule has 0 bridgehead atoms. The van der Waals surface area contributed by atoms with E-state index in [0.29, 0.717) is 5.92 Å². The van der Waals surface area contributed by atoms with Gasteiger partial charge in [0.05, 0.1) is 14.2 Å². The quantitative estimate of drug-likeness (QED) is 0.772. The third-order valence-electron chi connectivity index (χ3n) is 4.20. The highest BCUT2D eigenvalue weighted by Crippen LogP contribution is 2.27. The van der Waals surface area contributed by atoms with E-state index in [9.17, 15) is 5.11 Å². The summed E-state index contributed by atoms with van der Waals surface area (Å²) in [6, 6.07) is 5.95. The Morgan fingerprint density at radius 3 is 2.83 bits per heavy atom. The molecule has 1 atom stereocenters. The standard InChI is InChI=1S/C17H26N2O3S/c1-21-15-6-5-13(10-16(15)22-2)7-8-18-17(23)19-9-3-4-14(11-19)12-20/h5-6,10,14,20H,3-4,7-9,11-12H2,1-2H3,(H,18,23)/t14-/m0/s1. The molecule has 2 N–H and O–H groups in total. The number of hydrogen-bond donors (Lipinski definition) is 2. The fourth-order valence-electron chi connectivity index (χ4n) is 2.86. The summed E-state index contributed by atoms with van der Waals surface area (Å²) >= 11 is 5.47. The van der Waals surface area contributed by atoms with E-state index in [-0.39, 0.29) is 6.61 Å². The lowest BCUT2D eigenvalue weighted by Crippen LogP contribution is -2.46. The van der Waals surface area contributed by atoms with Crippen molar-refractivity contribution in [2.24, 2.45) is 5.92 Å². The minimum atomic E-state index is 0.241. The first-order valence-corrected chi connectivity index (χ1v) is 8.43. The Hall–Kier alpha value is -1.53. The van der Waals surface area contributed by atoms with Crippen LogP contribution in [0.25, 0.3) is 0 Å². The third-order valence-corrected chi connectivity index (χ3v) is 4.60. The van der Waals surface area contributed by atoms with Gasteiger partial charge in [0.15, 0.2) is 16.6 Å². The molecule has 2 rings (SSSR count). The SMILES string of the molecule is COc1ccc(CCNC(=S)N2CCC[C@H](CO)C2)cc1OC. The van der Waals surface area contributed by atoms with Gasteiger partial charge in [0, 0.05) is 26.2 Å². The van der Waals surface area contributed by atoms with Crippen LogP contribution in [0, 0.1) is 5.92 Å². The molecule has 1 heterocycles. The second kappa shape index (κ2) is 8.93. The molecular formula is C17H26N2O3S. The van der Waals surface area contributed by atoms with Crippen LogP contribution in [0.5, 0.6) is 11.5 Å². The molecule has 1 fully saturated rings. The smallest absolute Gasteiger partial charge is 0.168 e. The molecule has 0 aliphatic carbocycles. The fraction of sp³-hybridized carbons (Fsp3) is 0.588. The van der Waals surface area contributed by atoms with Crippen LogP contribution in [-0.4, -0.2) is 55.6 Å². The lowest BCUT2D eigenvalue weighted by Gasteiger charge is -2.33. The number of hydrogen-bond acceptors (Lipinski definition) is 4. The van der Waals surface area contributed by atoms with Crippen molar-refractivity contribution in [3.05, 3.63) is 23.8 Å². The zero-order chi connectivity index (χ0) is 16.7. The van der Waals surface area contributed by atoms with Crippen LogP contribution in [-0.2, 0) is 6.42 Å². The van der Waals surface area contributed by atoms with Crippen LogP contribution in [0.4, 0.5) is 0 Å². The maximum atomic E-state index is 9.29. The van der Waals surface area contributed by atoms with Gasteiger partial charge in [0.1, 0.15) is 0 Å². The normalized spacial score (nSPS) is 17.7. The number of nitrogens with zero attached hydrogens (tertiary/aromatic N) is 1. The zero-order valence-electron chi connectivity index (χ0n) is 13.9. The lowest BCUT2D eigenvalue weighted by molar-refractivity contribution is 0.160. The number of nitrogens with one attached hydrogen (secondary N) is 1. The molecule has 1 aliphatic heterocycles. The van der Waals surface area contributed by atoms with Crippen molar-refractivity contribution in [1.82, 2.24) is 10.2 Å². The Bertz CT molecular complexity index is 525. The van der Waals surface area contributed by atoms with Crippen LogP contribution in [0.15, 0.2) is 18.2 Å². The fourth-order valence-corrected chi connectivity index (χ4v) is 3.13. The molecule has 23 heavy (non-hydrogen) atoms. The molecule has 0 aromatic heterocycles. The van der Waals surface area contributed by atoms with Gasteiger partial charge in [0.25, 0.3) is 0 Å². The Labute approximate surface area is 143 Å². The minimum absolute atomic E-state index is 0.241. The van der Waals surface area contributed by atoms with Gasteiger partial charge in [-0.15, -0.1) is 0 Å². The highest BCUT2D eigenvalue weighted by atomic mass is 32.1. The highest BCUT2D eigenvalue weighted by Gasteiger charge is 2.20. The van der Waals surface area contributed by atoms with E-state index in [4.69, 9.17) is 21.7 Å². The predicted molar refractivity (Wildman–Crippen MR) is 95.2 cm³/mol. The first-order chi connectivity index (χ1) is 11.2. The van der Waals surface area contributed by atoms with Crippen LogP contribution >= 0.6 is 12.2 Å². The van der Waals surface area contributed by atoms with Gasteiger partial charge in [-0.05, 0) is 55.1 Å². The number of likely N-dealkylation sites (tertiary alicyclic amines) is 1. The zero-order valence-corrected chi connectivity index (χ0v) is 14.7. The maximum Gasteiger partial charge on any atom is 0.168 e. The second-order valence-electron chi connectivity index (χ2n) is 5.81. The lowest BCUT2D eigenvalue weighted by atomic mass is 9.99. The Morgan fingerprint density at radius 2 is 2.13 bits per heavy atom. The molecule has 1 aliphatic rings. The van der Waals surface area contributed by atoms with E-state index in [1.165, 1.54) is 5.56 Å². The van der Waals surface area contributed by atoms with Gasteiger partial charge in [0.2, 0.25) is 0 Å². The molecule has 0 radical (unpaired) electrons. The summed E-state index contributed by atoms with van der Waals surface area (Å²) in [5.41, 5.74) is 1.17. The van der Waals surface area contributed by atoms with Gasteiger partial charge in [-0.2, -0.15) is 0 Å². The summed E-state index contributed by atoms with van der Waals surface area (Å²) in [6.45, 7) is 2.83. The molecule has 0 amide bonds. The second-order valence-corrected chi connectivity index (χ2v) is 6.19. The molecule has 5 nitrogen and oxygen atoms in total. The first kappa shape index (κ1) is 17.8. The van der Waals surface area contributed by atoms with Gasteiger partial charge in [-0.25, -0.2) is 0 Å². The monoisotopic (exact) mass is 338 g/mol.